The standard InChI is InChI=1S/C30H33NO3/c1-3-23(15-11-14-21-12-5-6-13-22(21)20-28(32)34-4-2)31-30(33)29-26-18-9-7-16-24(26)25-17-8-10-19-27(25)29/h5-10,12-13,16-19,23,29H,3-4,11,14-15,20H2,1-2H3,(H,31,33). The van der Waals surface area contributed by atoms with Crippen LogP contribution in [0.2, 0.25) is 0 Å². The van der Waals surface area contributed by atoms with E-state index in [9.17, 15) is 9.59 Å². The molecule has 0 fully saturated rings. The van der Waals surface area contributed by atoms with Crippen molar-refractivity contribution >= 4 is 11.9 Å². The van der Waals surface area contributed by atoms with Gasteiger partial charge < -0.3 is 10.1 Å². The molecule has 0 heterocycles. The van der Waals surface area contributed by atoms with Gasteiger partial charge in [-0.25, -0.2) is 0 Å². The Balaban J connectivity index is 1.39. The summed E-state index contributed by atoms with van der Waals surface area (Å²) in [5.41, 5.74) is 6.69. The zero-order valence-corrected chi connectivity index (χ0v) is 20.1. The highest BCUT2D eigenvalue weighted by Crippen LogP contribution is 2.44. The highest BCUT2D eigenvalue weighted by atomic mass is 16.5. The van der Waals surface area contributed by atoms with Crippen molar-refractivity contribution in [3.8, 4) is 11.1 Å². The molecule has 4 rings (SSSR count). The SMILES string of the molecule is CCOC(=O)Cc1ccccc1CCCC(CC)NC(=O)C1c2ccccc2-c2ccccc21. The number of carbonyl (C=O) groups excluding carboxylic acids is 2. The molecule has 4 heteroatoms. The molecule has 4 nitrogen and oxygen atoms in total. The van der Waals surface area contributed by atoms with E-state index in [4.69, 9.17) is 4.74 Å². The fourth-order valence-electron chi connectivity index (χ4n) is 4.98. The van der Waals surface area contributed by atoms with Crippen LogP contribution in [0.1, 0.15) is 61.3 Å². The largest absolute Gasteiger partial charge is 0.466 e. The smallest absolute Gasteiger partial charge is 0.310 e. The van der Waals surface area contributed by atoms with Gasteiger partial charge in [0.25, 0.3) is 0 Å². The molecule has 3 aromatic rings. The fraction of sp³-hybridized carbons (Fsp3) is 0.333. The Hall–Kier alpha value is -3.40. The Bertz CT molecular complexity index is 1110. The minimum absolute atomic E-state index is 0.0759. The topological polar surface area (TPSA) is 55.4 Å². The minimum Gasteiger partial charge on any atom is -0.466 e. The number of fused-ring (bicyclic) bond motifs is 3. The Labute approximate surface area is 202 Å². The van der Waals surface area contributed by atoms with Gasteiger partial charge >= 0.3 is 5.97 Å². The van der Waals surface area contributed by atoms with Gasteiger partial charge in [-0.3, -0.25) is 9.59 Å². The third-order valence-electron chi connectivity index (χ3n) is 6.69. The Morgan fingerprint density at radius 3 is 2.06 bits per heavy atom. The van der Waals surface area contributed by atoms with Crippen LogP contribution in [-0.2, 0) is 27.2 Å². The van der Waals surface area contributed by atoms with Gasteiger partial charge in [-0.05, 0) is 66.0 Å². The first-order valence-electron chi connectivity index (χ1n) is 12.3. The molecule has 0 saturated heterocycles. The van der Waals surface area contributed by atoms with Crippen LogP contribution in [0.15, 0.2) is 72.8 Å². The zero-order valence-electron chi connectivity index (χ0n) is 20.1. The molecule has 0 radical (unpaired) electrons. The monoisotopic (exact) mass is 455 g/mol. The van der Waals surface area contributed by atoms with E-state index in [1.54, 1.807) is 0 Å². The summed E-state index contributed by atoms with van der Waals surface area (Å²) < 4.78 is 5.12. The number of rotatable bonds is 10. The number of aryl methyl sites for hydroxylation is 1. The van der Waals surface area contributed by atoms with E-state index in [0.29, 0.717) is 13.0 Å². The second-order valence-corrected chi connectivity index (χ2v) is 8.86. The number of carbonyl (C=O) groups is 2. The molecule has 1 aliphatic rings. The van der Waals surface area contributed by atoms with Crippen molar-refractivity contribution in [2.24, 2.45) is 0 Å². The number of amides is 1. The summed E-state index contributed by atoms with van der Waals surface area (Å²) in [5, 5.41) is 3.33. The summed E-state index contributed by atoms with van der Waals surface area (Å²) in [6, 6.07) is 24.6. The van der Waals surface area contributed by atoms with E-state index < -0.39 is 0 Å². The predicted octanol–water partition coefficient (Wildman–Crippen LogP) is 5.82. The third kappa shape index (κ3) is 5.22. The molecular formula is C30H33NO3. The highest BCUT2D eigenvalue weighted by Gasteiger charge is 2.33. The van der Waals surface area contributed by atoms with Gasteiger partial charge in [0.2, 0.25) is 5.91 Å². The van der Waals surface area contributed by atoms with Crippen LogP contribution in [0.5, 0.6) is 0 Å². The number of hydrogen-bond acceptors (Lipinski definition) is 3. The molecular weight excluding hydrogens is 422 g/mol. The van der Waals surface area contributed by atoms with Crippen molar-refractivity contribution in [3.05, 3.63) is 95.1 Å². The average Bonchev–Trinajstić information content (AvgIpc) is 3.19. The molecule has 1 N–H and O–H groups in total. The molecule has 1 aliphatic carbocycles. The maximum absolute atomic E-state index is 13.4. The van der Waals surface area contributed by atoms with Crippen LogP contribution in [0.25, 0.3) is 11.1 Å². The van der Waals surface area contributed by atoms with Crippen LogP contribution < -0.4 is 5.32 Å². The molecule has 0 bridgehead atoms. The normalized spacial score (nSPS) is 13.1. The Morgan fingerprint density at radius 2 is 1.44 bits per heavy atom. The second kappa shape index (κ2) is 11.1. The van der Waals surface area contributed by atoms with Crippen molar-refractivity contribution in [3.63, 3.8) is 0 Å². The van der Waals surface area contributed by atoms with Gasteiger partial charge in [0.1, 0.15) is 0 Å². The number of nitrogens with one attached hydrogen (secondary N) is 1. The van der Waals surface area contributed by atoms with E-state index in [1.807, 2.05) is 49.4 Å². The van der Waals surface area contributed by atoms with Gasteiger partial charge in [-0.2, -0.15) is 0 Å². The molecule has 1 unspecified atom stereocenters. The van der Waals surface area contributed by atoms with Crippen molar-refractivity contribution in [2.45, 2.75) is 57.9 Å². The van der Waals surface area contributed by atoms with E-state index in [2.05, 4.69) is 42.6 Å². The zero-order chi connectivity index (χ0) is 23.9. The van der Waals surface area contributed by atoms with Gasteiger partial charge in [-0.15, -0.1) is 0 Å². The summed E-state index contributed by atoms with van der Waals surface area (Å²) in [7, 11) is 0. The number of benzene rings is 3. The van der Waals surface area contributed by atoms with Gasteiger partial charge in [0, 0.05) is 6.04 Å². The molecule has 1 atom stereocenters. The first kappa shape index (κ1) is 23.7. The van der Waals surface area contributed by atoms with E-state index >= 15 is 0 Å². The van der Waals surface area contributed by atoms with E-state index in [1.165, 1.54) is 5.56 Å². The molecule has 176 valence electrons. The molecule has 0 aliphatic heterocycles. The lowest BCUT2D eigenvalue weighted by atomic mass is 9.94. The average molecular weight is 456 g/mol. The van der Waals surface area contributed by atoms with Crippen LogP contribution in [0, 0.1) is 0 Å². The van der Waals surface area contributed by atoms with E-state index in [0.717, 1.165) is 53.5 Å². The predicted molar refractivity (Wildman–Crippen MR) is 136 cm³/mol. The molecule has 0 aromatic heterocycles. The van der Waals surface area contributed by atoms with Crippen molar-refractivity contribution in [1.29, 1.82) is 0 Å². The number of ether oxygens (including phenoxy) is 1. The molecule has 3 aromatic carbocycles. The van der Waals surface area contributed by atoms with Crippen molar-refractivity contribution in [1.82, 2.24) is 5.32 Å². The molecule has 34 heavy (non-hydrogen) atoms. The highest BCUT2D eigenvalue weighted by molar-refractivity contribution is 5.96. The first-order chi connectivity index (χ1) is 16.6. The lowest BCUT2D eigenvalue weighted by molar-refractivity contribution is -0.142. The van der Waals surface area contributed by atoms with Gasteiger partial charge in [0.05, 0.1) is 18.9 Å². The quantitative estimate of drug-likeness (QED) is 0.392. The molecule has 1 amide bonds. The van der Waals surface area contributed by atoms with Crippen LogP contribution in [0.3, 0.4) is 0 Å². The van der Waals surface area contributed by atoms with Crippen LogP contribution in [0.4, 0.5) is 0 Å². The van der Waals surface area contributed by atoms with Crippen molar-refractivity contribution in [2.75, 3.05) is 6.61 Å². The molecule has 0 saturated carbocycles. The number of esters is 1. The lowest BCUT2D eigenvalue weighted by Crippen LogP contribution is -2.37. The Morgan fingerprint density at radius 1 is 0.853 bits per heavy atom. The summed E-state index contributed by atoms with van der Waals surface area (Å²) in [4.78, 5) is 25.4. The maximum atomic E-state index is 13.4. The van der Waals surface area contributed by atoms with E-state index in [-0.39, 0.29) is 23.8 Å². The maximum Gasteiger partial charge on any atom is 0.310 e. The third-order valence-corrected chi connectivity index (χ3v) is 6.69. The fourth-order valence-corrected chi connectivity index (χ4v) is 4.98. The summed E-state index contributed by atoms with van der Waals surface area (Å²) in [5.74, 6) is -0.371. The van der Waals surface area contributed by atoms with Crippen LogP contribution >= 0.6 is 0 Å². The Kier molecular flexibility index (Phi) is 7.79. The summed E-state index contributed by atoms with van der Waals surface area (Å²) in [6.45, 7) is 4.34. The summed E-state index contributed by atoms with van der Waals surface area (Å²) >= 11 is 0. The summed E-state index contributed by atoms with van der Waals surface area (Å²) in [6.07, 6.45) is 3.89. The van der Waals surface area contributed by atoms with Crippen molar-refractivity contribution < 1.29 is 14.3 Å². The van der Waals surface area contributed by atoms with Gasteiger partial charge in [0.15, 0.2) is 0 Å². The number of hydrogen-bond donors (Lipinski definition) is 1. The first-order valence-corrected chi connectivity index (χ1v) is 12.3. The second-order valence-electron chi connectivity index (χ2n) is 8.86. The van der Waals surface area contributed by atoms with Gasteiger partial charge in [-0.1, -0.05) is 79.7 Å². The molecule has 0 spiro atoms. The van der Waals surface area contributed by atoms with Crippen LogP contribution in [-0.4, -0.2) is 24.5 Å². The lowest BCUT2D eigenvalue weighted by Gasteiger charge is -2.21. The minimum atomic E-state index is -0.258.